The van der Waals surface area contributed by atoms with E-state index in [1.165, 1.54) is 12.1 Å². The molecule has 1 atom stereocenters. The number of ether oxygens (including phenoxy) is 3. The predicted molar refractivity (Wildman–Crippen MR) is 101 cm³/mol. The maximum absolute atomic E-state index is 14.3. The number of rotatable bonds is 6. The van der Waals surface area contributed by atoms with E-state index in [1.807, 2.05) is 39.0 Å². The molecule has 1 amide bonds. The van der Waals surface area contributed by atoms with E-state index in [1.54, 1.807) is 6.07 Å². The van der Waals surface area contributed by atoms with Crippen LogP contribution in [0.5, 0.6) is 17.2 Å². The van der Waals surface area contributed by atoms with Crippen LogP contribution in [-0.2, 0) is 11.2 Å². The maximum atomic E-state index is 14.3. The molecule has 2 aromatic carbocycles. The van der Waals surface area contributed by atoms with Crippen LogP contribution in [0, 0.1) is 11.7 Å². The second kappa shape index (κ2) is 8.29. The zero-order valence-corrected chi connectivity index (χ0v) is 15.8. The van der Waals surface area contributed by atoms with Gasteiger partial charge in [0.1, 0.15) is 29.7 Å². The Morgan fingerprint density at radius 1 is 1.26 bits per heavy atom. The Hall–Kier alpha value is -2.76. The van der Waals surface area contributed by atoms with Crippen molar-refractivity contribution in [3.63, 3.8) is 0 Å². The first-order valence-electron chi connectivity index (χ1n) is 9.12. The molecule has 1 aliphatic rings. The summed E-state index contributed by atoms with van der Waals surface area (Å²) in [6.45, 7) is 6.47. The molecule has 1 N–H and O–H groups in total. The number of fused-ring (bicyclic) bond motifs is 1. The van der Waals surface area contributed by atoms with E-state index in [0.717, 1.165) is 17.1 Å². The third-order valence-electron chi connectivity index (χ3n) is 4.19. The van der Waals surface area contributed by atoms with Gasteiger partial charge in [0.25, 0.3) is 0 Å². The summed E-state index contributed by atoms with van der Waals surface area (Å²) in [6, 6.07) is 10.0. The number of halogens is 1. The number of carbonyl (C=O) groups is 1. The Morgan fingerprint density at radius 2 is 2.04 bits per heavy atom. The summed E-state index contributed by atoms with van der Waals surface area (Å²) in [7, 11) is 0. The lowest BCUT2D eigenvalue weighted by atomic mass is 9.95. The molecule has 27 heavy (non-hydrogen) atoms. The van der Waals surface area contributed by atoms with E-state index in [-0.39, 0.29) is 24.3 Å². The summed E-state index contributed by atoms with van der Waals surface area (Å²) < 4.78 is 30.9. The van der Waals surface area contributed by atoms with Crippen LogP contribution in [0.2, 0.25) is 0 Å². The standard InChI is InChI=1S/C21H24FNO4/c1-4-25-16-6-8-20-14(10-16)9-15(12-26-20)21(24)23-19-7-5-17(11-18(19)22)27-13(2)3/h5-8,10-11,13,15H,4,9,12H2,1-3H3,(H,23,24). The van der Waals surface area contributed by atoms with Gasteiger partial charge in [-0.15, -0.1) is 0 Å². The van der Waals surface area contributed by atoms with E-state index in [2.05, 4.69) is 5.32 Å². The van der Waals surface area contributed by atoms with Crippen LogP contribution < -0.4 is 19.5 Å². The number of hydrogen-bond acceptors (Lipinski definition) is 4. The van der Waals surface area contributed by atoms with Crippen molar-refractivity contribution in [2.75, 3.05) is 18.5 Å². The van der Waals surface area contributed by atoms with Crippen LogP contribution in [0.15, 0.2) is 36.4 Å². The lowest BCUT2D eigenvalue weighted by Crippen LogP contribution is -2.32. The van der Waals surface area contributed by atoms with Crippen LogP contribution >= 0.6 is 0 Å². The van der Waals surface area contributed by atoms with Crippen molar-refractivity contribution < 1.29 is 23.4 Å². The second-order valence-corrected chi connectivity index (χ2v) is 6.71. The van der Waals surface area contributed by atoms with Gasteiger partial charge in [0.2, 0.25) is 5.91 Å². The van der Waals surface area contributed by atoms with Gasteiger partial charge < -0.3 is 19.5 Å². The van der Waals surface area contributed by atoms with Gasteiger partial charge in [-0.1, -0.05) is 0 Å². The average molecular weight is 373 g/mol. The van der Waals surface area contributed by atoms with Crippen LogP contribution in [-0.4, -0.2) is 25.2 Å². The molecule has 2 aromatic rings. The lowest BCUT2D eigenvalue weighted by molar-refractivity contribution is -0.121. The zero-order chi connectivity index (χ0) is 19.4. The van der Waals surface area contributed by atoms with Gasteiger partial charge in [-0.05, 0) is 63.1 Å². The van der Waals surface area contributed by atoms with Gasteiger partial charge in [-0.2, -0.15) is 0 Å². The fourth-order valence-electron chi connectivity index (χ4n) is 2.97. The van der Waals surface area contributed by atoms with Gasteiger partial charge in [0.15, 0.2) is 0 Å². The number of anilines is 1. The molecule has 1 unspecified atom stereocenters. The number of hydrogen-bond donors (Lipinski definition) is 1. The van der Waals surface area contributed by atoms with Crippen molar-refractivity contribution in [3.8, 4) is 17.2 Å². The molecule has 1 aliphatic heterocycles. The third kappa shape index (κ3) is 4.70. The van der Waals surface area contributed by atoms with Gasteiger partial charge in [0.05, 0.1) is 24.3 Å². The normalized spacial score (nSPS) is 15.7. The van der Waals surface area contributed by atoms with Crippen molar-refractivity contribution in [2.45, 2.75) is 33.3 Å². The monoisotopic (exact) mass is 373 g/mol. The van der Waals surface area contributed by atoms with Gasteiger partial charge >= 0.3 is 0 Å². The molecule has 0 fully saturated rings. The smallest absolute Gasteiger partial charge is 0.231 e. The van der Waals surface area contributed by atoms with Crippen LogP contribution in [0.4, 0.5) is 10.1 Å². The first kappa shape index (κ1) is 19.0. The molecule has 0 spiro atoms. The Morgan fingerprint density at radius 3 is 2.74 bits per heavy atom. The molecule has 1 heterocycles. The first-order valence-corrected chi connectivity index (χ1v) is 9.12. The number of benzene rings is 2. The molecule has 0 saturated carbocycles. The van der Waals surface area contributed by atoms with Gasteiger partial charge in [-0.25, -0.2) is 4.39 Å². The molecule has 0 bridgehead atoms. The van der Waals surface area contributed by atoms with E-state index >= 15 is 0 Å². The molecule has 144 valence electrons. The van der Waals surface area contributed by atoms with E-state index in [0.29, 0.717) is 18.8 Å². The topological polar surface area (TPSA) is 56.8 Å². The van der Waals surface area contributed by atoms with Crippen LogP contribution in [0.1, 0.15) is 26.3 Å². The highest BCUT2D eigenvalue weighted by molar-refractivity contribution is 5.93. The highest BCUT2D eigenvalue weighted by Gasteiger charge is 2.27. The molecule has 0 aromatic heterocycles. The van der Waals surface area contributed by atoms with Crippen molar-refractivity contribution in [1.29, 1.82) is 0 Å². The Kier molecular flexibility index (Phi) is 5.84. The van der Waals surface area contributed by atoms with E-state index in [9.17, 15) is 9.18 Å². The zero-order valence-electron chi connectivity index (χ0n) is 15.8. The summed E-state index contributed by atoms with van der Waals surface area (Å²) in [5.41, 5.74) is 1.04. The minimum absolute atomic E-state index is 0.0501. The molecule has 0 radical (unpaired) electrons. The Balaban J connectivity index is 1.67. The summed E-state index contributed by atoms with van der Waals surface area (Å²) in [4.78, 5) is 12.6. The van der Waals surface area contributed by atoms with Crippen molar-refractivity contribution in [1.82, 2.24) is 0 Å². The van der Waals surface area contributed by atoms with Gasteiger partial charge in [-0.3, -0.25) is 4.79 Å². The van der Waals surface area contributed by atoms with Crippen molar-refractivity contribution >= 4 is 11.6 Å². The number of nitrogens with one attached hydrogen (secondary N) is 1. The fraction of sp³-hybridized carbons (Fsp3) is 0.381. The van der Waals surface area contributed by atoms with Crippen molar-refractivity contribution in [3.05, 3.63) is 47.8 Å². The Labute approximate surface area is 158 Å². The summed E-state index contributed by atoms with van der Waals surface area (Å²) in [5, 5.41) is 2.65. The molecule has 3 rings (SSSR count). The second-order valence-electron chi connectivity index (χ2n) is 6.71. The summed E-state index contributed by atoms with van der Waals surface area (Å²) in [6.07, 6.45) is 0.462. The molecule has 5 nitrogen and oxygen atoms in total. The minimum atomic E-state index is -0.530. The highest BCUT2D eigenvalue weighted by atomic mass is 19.1. The van der Waals surface area contributed by atoms with E-state index in [4.69, 9.17) is 14.2 Å². The average Bonchev–Trinajstić information content (AvgIpc) is 2.63. The first-order chi connectivity index (χ1) is 13.0. The molecule has 0 saturated heterocycles. The van der Waals surface area contributed by atoms with E-state index < -0.39 is 11.7 Å². The summed E-state index contributed by atoms with van der Waals surface area (Å²) >= 11 is 0. The maximum Gasteiger partial charge on any atom is 0.231 e. The number of amides is 1. The van der Waals surface area contributed by atoms with Crippen LogP contribution in [0.3, 0.4) is 0 Å². The molecule has 6 heteroatoms. The summed E-state index contributed by atoms with van der Waals surface area (Å²) in [5.74, 6) is 0.715. The van der Waals surface area contributed by atoms with Crippen molar-refractivity contribution in [2.24, 2.45) is 5.92 Å². The molecular formula is C21H24FNO4. The molecular weight excluding hydrogens is 349 g/mol. The predicted octanol–water partition coefficient (Wildman–Crippen LogP) is 4.20. The number of carbonyl (C=O) groups excluding carboxylic acids is 1. The SMILES string of the molecule is CCOc1ccc2c(c1)CC(C(=O)Nc1ccc(OC(C)C)cc1F)CO2. The Bertz CT molecular complexity index is 822. The van der Waals surface area contributed by atoms with Gasteiger partial charge in [0, 0.05) is 6.07 Å². The largest absolute Gasteiger partial charge is 0.494 e. The quantitative estimate of drug-likeness (QED) is 0.824. The highest BCUT2D eigenvalue weighted by Crippen LogP contribution is 2.31. The molecule has 0 aliphatic carbocycles. The lowest BCUT2D eigenvalue weighted by Gasteiger charge is -2.25. The third-order valence-corrected chi connectivity index (χ3v) is 4.19. The van der Waals surface area contributed by atoms with Crippen LogP contribution in [0.25, 0.3) is 0 Å². The minimum Gasteiger partial charge on any atom is -0.494 e. The fourth-order valence-corrected chi connectivity index (χ4v) is 2.97.